The Labute approximate surface area is 126 Å². The van der Waals surface area contributed by atoms with Gasteiger partial charge in [0, 0.05) is 24.7 Å². The standard InChI is InChI=1S/C14H12ClF2NO2S/c1-18(9-10-2-4-11(15)5-3-10)21(19,20)14-7-6-12(16)8-13(14)17/h2-8H,9H2,1H3. The lowest BCUT2D eigenvalue weighted by Crippen LogP contribution is -2.27. The van der Waals surface area contributed by atoms with Crippen LogP contribution < -0.4 is 0 Å². The van der Waals surface area contributed by atoms with E-state index in [9.17, 15) is 17.2 Å². The van der Waals surface area contributed by atoms with Crippen LogP contribution in [0.4, 0.5) is 8.78 Å². The summed E-state index contributed by atoms with van der Waals surface area (Å²) in [5.41, 5.74) is 0.702. The van der Waals surface area contributed by atoms with E-state index >= 15 is 0 Å². The maximum Gasteiger partial charge on any atom is 0.246 e. The van der Waals surface area contributed by atoms with Gasteiger partial charge in [0.05, 0.1) is 0 Å². The molecule has 112 valence electrons. The van der Waals surface area contributed by atoms with Crippen LogP contribution in [-0.2, 0) is 16.6 Å². The lowest BCUT2D eigenvalue weighted by molar-refractivity contribution is 0.458. The average Bonchev–Trinajstić information content (AvgIpc) is 2.40. The minimum Gasteiger partial charge on any atom is -0.207 e. The molecule has 0 aliphatic rings. The topological polar surface area (TPSA) is 37.4 Å². The fraction of sp³-hybridized carbons (Fsp3) is 0.143. The summed E-state index contributed by atoms with van der Waals surface area (Å²) in [4.78, 5) is -0.555. The summed E-state index contributed by atoms with van der Waals surface area (Å²) in [6, 6.07) is 8.99. The smallest absolute Gasteiger partial charge is 0.207 e. The summed E-state index contributed by atoms with van der Waals surface area (Å²) in [5, 5.41) is 0.536. The van der Waals surface area contributed by atoms with Gasteiger partial charge in [0.25, 0.3) is 0 Å². The molecule has 0 radical (unpaired) electrons. The van der Waals surface area contributed by atoms with Crippen LogP contribution in [-0.4, -0.2) is 19.8 Å². The summed E-state index contributed by atoms with van der Waals surface area (Å²) in [6.07, 6.45) is 0. The van der Waals surface area contributed by atoms with Crippen molar-refractivity contribution in [1.29, 1.82) is 0 Å². The number of rotatable bonds is 4. The zero-order valence-corrected chi connectivity index (χ0v) is 12.6. The van der Waals surface area contributed by atoms with Gasteiger partial charge in [0.15, 0.2) is 0 Å². The van der Waals surface area contributed by atoms with Crippen LogP contribution in [0.1, 0.15) is 5.56 Å². The van der Waals surface area contributed by atoms with Gasteiger partial charge in [0.1, 0.15) is 16.5 Å². The van der Waals surface area contributed by atoms with Crippen molar-refractivity contribution < 1.29 is 17.2 Å². The number of hydrogen-bond acceptors (Lipinski definition) is 2. The Bertz CT molecular complexity index is 748. The Hall–Kier alpha value is -1.50. The first-order valence-electron chi connectivity index (χ1n) is 5.96. The molecule has 0 aromatic heterocycles. The molecule has 2 aromatic carbocycles. The molecule has 0 saturated heterocycles. The SMILES string of the molecule is CN(Cc1ccc(Cl)cc1)S(=O)(=O)c1ccc(F)cc1F. The van der Waals surface area contributed by atoms with E-state index in [-0.39, 0.29) is 6.54 Å². The van der Waals surface area contributed by atoms with Crippen molar-refractivity contribution in [3.8, 4) is 0 Å². The normalized spacial score (nSPS) is 11.9. The highest BCUT2D eigenvalue weighted by Gasteiger charge is 2.24. The quantitative estimate of drug-likeness (QED) is 0.860. The molecule has 0 N–H and O–H groups in total. The van der Waals surface area contributed by atoms with Gasteiger partial charge in [-0.3, -0.25) is 0 Å². The predicted molar refractivity (Wildman–Crippen MR) is 76.5 cm³/mol. The fourth-order valence-corrected chi connectivity index (χ4v) is 3.11. The van der Waals surface area contributed by atoms with Crippen molar-refractivity contribution >= 4 is 21.6 Å². The second-order valence-corrected chi connectivity index (χ2v) is 6.91. The zero-order chi connectivity index (χ0) is 15.6. The third kappa shape index (κ3) is 3.58. The van der Waals surface area contributed by atoms with Crippen LogP contribution >= 0.6 is 11.6 Å². The molecule has 0 fully saturated rings. The molecule has 3 nitrogen and oxygen atoms in total. The van der Waals surface area contributed by atoms with Gasteiger partial charge in [-0.15, -0.1) is 0 Å². The van der Waals surface area contributed by atoms with Gasteiger partial charge in [-0.25, -0.2) is 17.2 Å². The first-order valence-corrected chi connectivity index (χ1v) is 7.78. The summed E-state index contributed by atoms with van der Waals surface area (Å²) in [7, 11) is -2.71. The van der Waals surface area contributed by atoms with E-state index in [0.29, 0.717) is 16.7 Å². The van der Waals surface area contributed by atoms with E-state index in [1.807, 2.05) is 0 Å². The molecule has 0 amide bonds. The van der Waals surface area contributed by atoms with Crippen molar-refractivity contribution in [1.82, 2.24) is 4.31 Å². The Balaban J connectivity index is 2.28. The number of sulfonamides is 1. The molecule has 0 aliphatic heterocycles. The molecule has 7 heteroatoms. The van der Waals surface area contributed by atoms with Gasteiger partial charge in [-0.1, -0.05) is 23.7 Å². The second-order valence-electron chi connectivity index (χ2n) is 4.46. The molecule has 0 bridgehead atoms. The number of benzene rings is 2. The predicted octanol–water partition coefficient (Wildman–Crippen LogP) is 3.44. The highest BCUT2D eigenvalue weighted by atomic mass is 35.5. The average molecular weight is 332 g/mol. The largest absolute Gasteiger partial charge is 0.246 e. The van der Waals surface area contributed by atoms with E-state index in [0.717, 1.165) is 16.4 Å². The van der Waals surface area contributed by atoms with Crippen molar-refractivity contribution in [2.45, 2.75) is 11.4 Å². The van der Waals surface area contributed by atoms with Gasteiger partial charge >= 0.3 is 0 Å². The molecule has 2 rings (SSSR count). The number of hydrogen-bond donors (Lipinski definition) is 0. The molecule has 2 aromatic rings. The van der Waals surface area contributed by atoms with Crippen LogP contribution in [0.2, 0.25) is 5.02 Å². The number of nitrogens with zero attached hydrogens (tertiary/aromatic N) is 1. The van der Waals surface area contributed by atoms with Crippen molar-refractivity contribution in [2.24, 2.45) is 0 Å². The molecular formula is C14H12ClF2NO2S. The monoisotopic (exact) mass is 331 g/mol. The van der Waals surface area contributed by atoms with E-state index in [4.69, 9.17) is 11.6 Å². The minimum absolute atomic E-state index is 0.0519. The Kier molecular flexibility index (Phi) is 4.61. The summed E-state index contributed by atoms with van der Waals surface area (Å²) in [5.74, 6) is -1.94. The van der Waals surface area contributed by atoms with Crippen LogP contribution in [0.15, 0.2) is 47.4 Å². The van der Waals surface area contributed by atoms with E-state index < -0.39 is 26.6 Å². The zero-order valence-electron chi connectivity index (χ0n) is 11.1. The molecule has 0 atom stereocenters. The highest BCUT2D eigenvalue weighted by Crippen LogP contribution is 2.21. The lowest BCUT2D eigenvalue weighted by atomic mass is 10.2. The van der Waals surface area contributed by atoms with E-state index in [1.54, 1.807) is 24.3 Å². The Morgan fingerprint density at radius 2 is 1.71 bits per heavy atom. The fourth-order valence-electron chi connectivity index (χ4n) is 1.78. The molecule has 21 heavy (non-hydrogen) atoms. The maximum absolute atomic E-state index is 13.6. The first kappa shape index (κ1) is 15.9. The molecule has 0 heterocycles. The third-order valence-electron chi connectivity index (χ3n) is 2.90. The lowest BCUT2D eigenvalue weighted by Gasteiger charge is -2.17. The Morgan fingerprint density at radius 1 is 1.10 bits per heavy atom. The van der Waals surface area contributed by atoms with Crippen molar-refractivity contribution in [3.05, 3.63) is 64.7 Å². The summed E-state index contributed by atoms with van der Waals surface area (Å²) in [6.45, 7) is 0.0519. The van der Waals surface area contributed by atoms with Gasteiger partial charge in [-0.2, -0.15) is 4.31 Å². The molecule has 0 saturated carbocycles. The first-order chi connectivity index (χ1) is 9.80. The van der Waals surface area contributed by atoms with Crippen LogP contribution in [0, 0.1) is 11.6 Å². The Morgan fingerprint density at radius 3 is 2.29 bits per heavy atom. The summed E-state index contributed by atoms with van der Waals surface area (Å²) < 4.78 is 52.0. The molecule has 0 unspecified atom stereocenters. The minimum atomic E-state index is -4.04. The van der Waals surface area contributed by atoms with Gasteiger partial charge in [-0.05, 0) is 29.8 Å². The van der Waals surface area contributed by atoms with Gasteiger partial charge < -0.3 is 0 Å². The van der Waals surface area contributed by atoms with Crippen LogP contribution in [0.3, 0.4) is 0 Å². The maximum atomic E-state index is 13.6. The third-order valence-corrected chi connectivity index (χ3v) is 4.99. The molecule has 0 aliphatic carbocycles. The van der Waals surface area contributed by atoms with Crippen LogP contribution in [0.25, 0.3) is 0 Å². The molecule has 0 spiro atoms. The number of halogens is 3. The summed E-state index contributed by atoms with van der Waals surface area (Å²) >= 11 is 5.75. The van der Waals surface area contributed by atoms with E-state index in [2.05, 4.69) is 0 Å². The highest BCUT2D eigenvalue weighted by molar-refractivity contribution is 7.89. The van der Waals surface area contributed by atoms with Crippen molar-refractivity contribution in [3.63, 3.8) is 0 Å². The van der Waals surface area contributed by atoms with E-state index in [1.165, 1.54) is 7.05 Å². The second kappa shape index (κ2) is 6.09. The molecular weight excluding hydrogens is 320 g/mol. The van der Waals surface area contributed by atoms with Gasteiger partial charge in [0.2, 0.25) is 10.0 Å². The van der Waals surface area contributed by atoms with Crippen LogP contribution in [0.5, 0.6) is 0 Å². The van der Waals surface area contributed by atoms with Crippen molar-refractivity contribution in [2.75, 3.05) is 7.05 Å².